The highest BCUT2D eigenvalue weighted by atomic mass is 79.9. The van der Waals surface area contributed by atoms with Crippen molar-refractivity contribution in [2.75, 3.05) is 58.8 Å². The van der Waals surface area contributed by atoms with E-state index in [4.69, 9.17) is 39.5 Å². The number of benzene rings is 2. The van der Waals surface area contributed by atoms with Crippen LogP contribution in [0.4, 0.5) is 5.69 Å². The molecule has 1 fully saturated rings. The van der Waals surface area contributed by atoms with Crippen LogP contribution in [0, 0.1) is 0 Å². The van der Waals surface area contributed by atoms with Gasteiger partial charge in [-0.15, -0.1) is 0 Å². The van der Waals surface area contributed by atoms with E-state index in [2.05, 4.69) is 20.8 Å². The summed E-state index contributed by atoms with van der Waals surface area (Å²) in [6, 6.07) is 10.5. The normalized spacial score (nSPS) is 14.9. The third kappa shape index (κ3) is 6.63. The maximum atomic E-state index is 14.0. The van der Waals surface area contributed by atoms with Crippen LogP contribution in [0.15, 0.2) is 52.0 Å². The van der Waals surface area contributed by atoms with E-state index in [9.17, 15) is 13.2 Å². The SMILES string of the molecule is COc1ccc(S(=O)(=O)n2cc(CCCN(C)C)c3cc(Br)ccc32)cc1N1CCN(C(=O)C(Cl)(Cl)Cl)CC1. The quantitative estimate of drug-likeness (QED) is 0.306. The lowest BCUT2D eigenvalue weighted by atomic mass is 10.1. The molecule has 0 bridgehead atoms. The topological polar surface area (TPSA) is 75.1 Å². The minimum Gasteiger partial charge on any atom is -0.495 e. The Bertz CT molecular complexity index is 1470. The number of rotatable bonds is 8. The predicted octanol–water partition coefficient (Wildman–Crippen LogP) is 5.16. The summed E-state index contributed by atoms with van der Waals surface area (Å²) in [6.45, 7) is 2.38. The number of piperazine rings is 1. The fourth-order valence-electron chi connectivity index (χ4n) is 4.74. The van der Waals surface area contributed by atoms with Crippen molar-refractivity contribution in [1.82, 2.24) is 13.8 Å². The summed E-state index contributed by atoms with van der Waals surface area (Å²) in [6.07, 6.45) is 3.38. The van der Waals surface area contributed by atoms with Gasteiger partial charge in [0.2, 0.25) is 0 Å². The molecule has 0 unspecified atom stereocenters. The summed E-state index contributed by atoms with van der Waals surface area (Å²) in [7, 11) is 1.63. The largest absolute Gasteiger partial charge is 0.495 e. The number of halogens is 4. The van der Waals surface area contributed by atoms with Crippen molar-refractivity contribution in [2.45, 2.75) is 21.5 Å². The second-order valence-electron chi connectivity index (χ2n) is 9.63. The van der Waals surface area contributed by atoms with Gasteiger partial charge >= 0.3 is 0 Å². The molecule has 1 aliphatic rings. The van der Waals surface area contributed by atoms with Crippen LogP contribution in [-0.2, 0) is 21.2 Å². The number of methoxy groups -OCH3 is 1. The number of hydrogen-bond donors (Lipinski definition) is 0. The number of fused-ring (bicyclic) bond motifs is 1. The Morgan fingerprint density at radius 3 is 2.38 bits per heavy atom. The molecule has 0 saturated carbocycles. The Balaban J connectivity index is 1.67. The summed E-state index contributed by atoms with van der Waals surface area (Å²) in [5.74, 6) is -0.0521. The van der Waals surface area contributed by atoms with Gasteiger partial charge in [-0.2, -0.15) is 0 Å². The highest BCUT2D eigenvalue weighted by Crippen LogP contribution is 2.35. The van der Waals surface area contributed by atoms with E-state index in [1.165, 1.54) is 16.0 Å². The Morgan fingerprint density at radius 2 is 1.77 bits per heavy atom. The number of amides is 1. The maximum absolute atomic E-state index is 14.0. The summed E-state index contributed by atoms with van der Waals surface area (Å²) in [5.41, 5.74) is 2.21. The maximum Gasteiger partial charge on any atom is 0.274 e. The number of anilines is 1. The molecule has 39 heavy (non-hydrogen) atoms. The van der Waals surface area contributed by atoms with Crippen molar-refractivity contribution < 1.29 is 17.9 Å². The zero-order chi connectivity index (χ0) is 28.5. The van der Waals surface area contributed by atoms with E-state index in [1.807, 2.05) is 37.2 Å². The highest BCUT2D eigenvalue weighted by Gasteiger charge is 2.37. The van der Waals surface area contributed by atoms with Crippen LogP contribution in [-0.4, -0.2) is 85.8 Å². The molecule has 1 amide bonds. The van der Waals surface area contributed by atoms with Gasteiger partial charge in [-0.1, -0.05) is 50.7 Å². The van der Waals surface area contributed by atoms with Crippen molar-refractivity contribution in [1.29, 1.82) is 0 Å². The van der Waals surface area contributed by atoms with E-state index in [1.54, 1.807) is 24.4 Å². The molecular weight excluding hydrogens is 651 g/mol. The lowest BCUT2D eigenvalue weighted by molar-refractivity contribution is -0.130. The average Bonchev–Trinajstić information content (AvgIpc) is 3.25. The molecule has 0 spiro atoms. The minimum absolute atomic E-state index is 0.137. The smallest absolute Gasteiger partial charge is 0.274 e. The molecule has 0 N–H and O–H groups in total. The summed E-state index contributed by atoms with van der Waals surface area (Å²) >= 11 is 20.8. The van der Waals surface area contributed by atoms with Crippen molar-refractivity contribution in [3.05, 3.63) is 52.6 Å². The molecular formula is C26H30BrCl3N4O4S. The van der Waals surface area contributed by atoms with Crippen molar-refractivity contribution in [3.63, 3.8) is 0 Å². The van der Waals surface area contributed by atoms with Gasteiger partial charge in [0, 0.05) is 42.2 Å². The van der Waals surface area contributed by atoms with E-state index < -0.39 is 19.7 Å². The van der Waals surface area contributed by atoms with Crippen LogP contribution in [0.3, 0.4) is 0 Å². The van der Waals surface area contributed by atoms with Crippen LogP contribution in [0.25, 0.3) is 10.9 Å². The zero-order valence-electron chi connectivity index (χ0n) is 21.8. The number of ether oxygens (including phenoxy) is 1. The van der Waals surface area contributed by atoms with Gasteiger partial charge in [-0.05, 0) is 75.4 Å². The molecule has 2 heterocycles. The lowest BCUT2D eigenvalue weighted by Gasteiger charge is -2.37. The molecule has 4 rings (SSSR count). The van der Waals surface area contributed by atoms with Crippen LogP contribution >= 0.6 is 50.7 Å². The van der Waals surface area contributed by atoms with Gasteiger partial charge < -0.3 is 19.4 Å². The van der Waals surface area contributed by atoms with Crippen LogP contribution in [0.1, 0.15) is 12.0 Å². The summed E-state index contributed by atoms with van der Waals surface area (Å²) in [5, 5.41) is 0.898. The highest BCUT2D eigenvalue weighted by molar-refractivity contribution is 9.10. The first-order chi connectivity index (χ1) is 18.3. The molecule has 1 aromatic heterocycles. The van der Waals surface area contributed by atoms with Crippen molar-refractivity contribution in [2.24, 2.45) is 0 Å². The third-order valence-corrected chi connectivity index (χ3v) is 9.37. The fraction of sp³-hybridized carbons (Fsp3) is 0.423. The van der Waals surface area contributed by atoms with E-state index >= 15 is 0 Å². The van der Waals surface area contributed by atoms with Gasteiger partial charge in [0.05, 0.1) is 23.2 Å². The molecule has 3 aromatic rings. The van der Waals surface area contributed by atoms with E-state index in [0.29, 0.717) is 43.1 Å². The van der Waals surface area contributed by atoms with Crippen LogP contribution in [0.5, 0.6) is 5.75 Å². The molecule has 13 heteroatoms. The molecule has 1 saturated heterocycles. The first kappa shape index (κ1) is 30.3. The second kappa shape index (κ2) is 12.0. The van der Waals surface area contributed by atoms with Crippen molar-refractivity contribution in [3.8, 4) is 5.75 Å². The average molecular weight is 681 g/mol. The van der Waals surface area contributed by atoms with Crippen molar-refractivity contribution >= 4 is 83.3 Å². The fourth-order valence-corrected chi connectivity index (χ4v) is 6.87. The van der Waals surface area contributed by atoms with Crippen LogP contribution < -0.4 is 9.64 Å². The van der Waals surface area contributed by atoms with Gasteiger partial charge in [0.25, 0.3) is 19.7 Å². The number of alkyl halides is 3. The van der Waals surface area contributed by atoms with Gasteiger partial charge in [0.15, 0.2) is 0 Å². The molecule has 1 aliphatic heterocycles. The number of aromatic nitrogens is 1. The standard InChI is InChI=1S/C26H30BrCl3N4O4S/c1-31(2)10-4-5-18-17-34(22-8-6-19(27)15-21(18)22)39(36,37)20-7-9-24(38-3)23(16-20)32-11-13-33(14-12-32)25(35)26(28,29)30/h6-9,15-17H,4-5,10-14H2,1-3H3. The molecule has 212 valence electrons. The first-order valence-electron chi connectivity index (χ1n) is 12.3. The molecule has 0 radical (unpaired) electrons. The van der Waals surface area contributed by atoms with E-state index in [0.717, 1.165) is 34.8 Å². The monoisotopic (exact) mass is 678 g/mol. The number of aryl methyl sites for hydroxylation is 1. The molecule has 0 atom stereocenters. The number of hydrogen-bond acceptors (Lipinski definition) is 6. The number of carbonyl (C=O) groups excluding carboxylic acids is 1. The van der Waals surface area contributed by atoms with Gasteiger partial charge in [-0.25, -0.2) is 12.4 Å². The van der Waals surface area contributed by atoms with Gasteiger partial charge in [-0.3, -0.25) is 4.79 Å². The summed E-state index contributed by atoms with van der Waals surface area (Å²) < 4.78 is 33.8. The Morgan fingerprint density at radius 1 is 1.08 bits per heavy atom. The zero-order valence-corrected chi connectivity index (χ0v) is 26.5. The molecule has 8 nitrogen and oxygen atoms in total. The first-order valence-corrected chi connectivity index (χ1v) is 15.7. The predicted molar refractivity (Wildman–Crippen MR) is 161 cm³/mol. The summed E-state index contributed by atoms with van der Waals surface area (Å²) in [4.78, 5) is 18.1. The lowest BCUT2D eigenvalue weighted by Crippen LogP contribution is -2.51. The Kier molecular flexibility index (Phi) is 9.35. The Hall–Kier alpha value is -1.69. The number of nitrogens with zero attached hydrogens (tertiary/aromatic N) is 4. The molecule has 0 aliphatic carbocycles. The Labute approximate surface area is 252 Å². The van der Waals surface area contributed by atoms with Crippen LogP contribution in [0.2, 0.25) is 0 Å². The minimum atomic E-state index is -3.94. The van der Waals surface area contributed by atoms with E-state index in [-0.39, 0.29) is 4.90 Å². The molecule has 2 aromatic carbocycles. The number of carbonyl (C=O) groups is 1. The second-order valence-corrected chi connectivity index (χ2v) is 14.6. The van der Waals surface area contributed by atoms with Gasteiger partial charge in [0.1, 0.15) is 5.75 Å². The third-order valence-electron chi connectivity index (χ3n) is 6.72.